The van der Waals surface area contributed by atoms with Gasteiger partial charge in [0.2, 0.25) is 0 Å². The Kier molecular flexibility index (Phi) is 11.2. The molecule has 0 radical (unpaired) electrons. The fraction of sp³-hybridized carbons (Fsp3) is 0.567. The van der Waals surface area contributed by atoms with Crippen molar-refractivity contribution in [2.45, 2.75) is 90.1 Å². The Morgan fingerprint density at radius 3 is 2.76 bits per heavy atom. The molecule has 5 atom stereocenters. The number of rotatable bonds is 16. The number of aryl methyl sites for hydroxylation is 1. The topological polar surface area (TPSA) is 104 Å². The van der Waals surface area contributed by atoms with E-state index < -0.39 is 12.2 Å². The lowest BCUT2D eigenvalue weighted by Crippen LogP contribution is -2.35. The zero-order valence-electron chi connectivity index (χ0n) is 22.7. The predicted molar refractivity (Wildman–Crippen MR) is 147 cm³/mol. The first-order valence-electron chi connectivity index (χ1n) is 13.6. The number of nitrogens with zero attached hydrogens (tertiary/aromatic N) is 1. The number of aliphatic hydroxyl groups is 2. The van der Waals surface area contributed by atoms with Gasteiger partial charge in [-0.05, 0) is 64.3 Å². The van der Waals surface area contributed by atoms with E-state index in [-0.39, 0.29) is 23.8 Å². The number of nitrogens with one attached hydrogen (secondary N) is 1. The highest BCUT2D eigenvalue weighted by Crippen LogP contribution is 2.31. The van der Waals surface area contributed by atoms with Gasteiger partial charge in [-0.1, -0.05) is 38.0 Å². The summed E-state index contributed by atoms with van der Waals surface area (Å²) in [5.41, 5.74) is 2.17. The average molecular weight is 513 g/mol. The molecule has 1 unspecified atom stereocenters. The zero-order valence-corrected chi connectivity index (χ0v) is 22.7. The second-order valence-electron chi connectivity index (χ2n) is 10.2. The second-order valence-corrected chi connectivity index (χ2v) is 10.2. The van der Waals surface area contributed by atoms with Gasteiger partial charge in [0.05, 0.1) is 18.3 Å². The van der Waals surface area contributed by atoms with Crippen LogP contribution in [0.15, 0.2) is 46.7 Å². The van der Waals surface area contributed by atoms with Crippen LogP contribution in [0.25, 0.3) is 0 Å². The van der Waals surface area contributed by atoms with E-state index in [4.69, 9.17) is 9.47 Å². The molecular weight excluding hydrogens is 468 g/mol. The van der Waals surface area contributed by atoms with Gasteiger partial charge in [-0.3, -0.25) is 5.32 Å². The minimum Gasteiger partial charge on any atom is -0.592 e. The smallest absolute Gasteiger partial charge is 0.176 e. The van der Waals surface area contributed by atoms with Crippen molar-refractivity contribution in [3.63, 3.8) is 0 Å². The van der Waals surface area contributed by atoms with Gasteiger partial charge in [-0.15, -0.1) is 4.99 Å². The minimum absolute atomic E-state index is 0.115. The molecule has 0 saturated carbocycles. The van der Waals surface area contributed by atoms with Gasteiger partial charge < -0.3 is 24.8 Å². The summed E-state index contributed by atoms with van der Waals surface area (Å²) in [4.78, 5) is 4.58. The van der Waals surface area contributed by atoms with Crippen LogP contribution < -0.4 is 10.1 Å². The Bertz CT molecular complexity index is 942. The molecular formula is C30H44N2O5. The molecule has 0 aromatic heterocycles. The van der Waals surface area contributed by atoms with Crippen LogP contribution in [0.1, 0.15) is 64.9 Å². The van der Waals surface area contributed by atoms with Crippen molar-refractivity contribution < 1.29 is 24.8 Å². The molecule has 0 aliphatic carbocycles. The summed E-state index contributed by atoms with van der Waals surface area (Å²) in [6.07, 6.45) is 13.2. The van der Waals surface area contributed by atoms with E-state index in [2.05, 4.69) is 42.7 Å². The number of unbranched alkanes of at least 4 members (excludes halogenated alkanes) is 1. The molecule has 2 aliphatic rings. The molecule has 0 bridgehead atoms. The predicted octanol–water partition coefficient (Wildman–Crippen LogP) is 4.67. The molecule has 0 amide bonds. The van der Waals surface area contributed by atoms with E-state index in [9.17, 15) is 15.3 Å². The standard InChI is InChI=1S/C30H44N2O5/c1-5-6-7-24-12-13-25(37-24)11-9-22-10-15-29(35)30(16-22)36-19-27(31-4)26-17-23(18-32-26)20(2)8-14-28(34)21(3)33/h10,12-13,15-18,20-21,24,27-28,31,33-35H,5-9,11,14,19H2,1-4H3/t20-,21+,24?,27+,28+/m1/s1. The molecule has 7 nitrogen and oxygen atoms in total. The van der Waals surface area contributed by atoms with E-state index in [0.29, 0.717) is 18.8 Å². The molecule has 0 spiro atoms. The number of allylic oxidation sites excluding steroid dienone is 2. The maximum atomic E-state index is 10.4. The highest BCUT2D eigenvalue weighted by molar-refractivity contribution is 5.84. The number of phenolic OH excluding ortho intramolecular Hbond substituents is 1. The van der Waals surface area contributed by atoms with Gasteiger partial charge in [0.25, 0.3) is 0 Å². The number of hydrogen-bond acceptors (Lipinski definition) is 7. The van der Waals surface area contributed by atoms with Crippen molar-refractivity contribution in [2.75, 3.05) is 13.7 Å². The van der Waals surface area contributed by atoms with Gasteiger partial charge in [0, 0.05) is 12.0 Å². The summed E-state index contributed by atoms with van der Waals surface area (Å²) in [6, 6.07) is 6.23. The summed E-state index contributed by atoms with van der Waals surface area (Å²) in [7, 11) is 1.86. The first-order chi connectivity index (χ1) is 17.8. The third-order valence-corrected chi connectivity index (χ3v) is 7.14. The lowest BCUT2D eigenvalue weighted by Gasteiger charge is -2.21. The van der Waals surface area contributed by atoms with Crippen LogP contribution in [-0.4, -0.2) is 59.5 Å². The van der Waals surface area contributed by atoms with Crippen LogP contribution >= 0.6 is 0 Å². The second kappa shape index (κ2) is 14.4. The van der Waals surface area contributed by atoms with Crippen LogP contribution in [0.4, 0.5) is 0 Å². The largest absolute Gasteiger partial charge is 0.592 e. The maximum absolute atomic E-state index is 10.4. The van der Waals surface area contributed by atoms with Crippen molar-refractivity contribution in [3.8, 4) is 11.5 Å². The molecule has 2 aliphatic heterocycles. The summed E-state index contributed by atoms with van der Waals surface area (Å²) in [5.74, 6) is 1.80. The van der Waals surface area contributed by atoms with Crippen molar-refractivity contribution >= 4 is 6.21 Å². The Hall–Kier alpha value is -2.61. The summed E-state index contributed by atoms with van der Waals surface area (Å²) in [6.45, 7) is 6.21. The molecule has 2 heterocycles. The number of benzene rings is 1. The quantitative estimate of drug-likeness (QED) is 0.240. The van der Waals surface area contributed by atoms with Crippen LogP contribution in [-0.2, 0) is 11.2 Å². The van der Waals surface area contributed by atoms with Gasteiger partial charge >= 0.3 is 0 Å². The molecule has 1 aromatic carbocycles. The van der Waals surface area contributed by atoms with E-state index in [1.54, 1.807) is 13.0 Å². The minimum atomic E-state index is -0.726. The Labute approximate surface area is 222 Å². The van der Waals surface area contributed by atoms with Gasteiger partial charge in [-0.25, -0.2) is 0 Å². The van der Waals surface area contributed by atoms with Crippen molar-refractivity contribution in [1.82, 2.24) is 5.32 Å². The molecule has 0 fully saturated rings. The monoisotopic (exact) mass is 512 g/mol. The Morgan fingerprint density at radius 1 is 1.22 bits per heavy atom. The lowest BCUT2D eigenvalue weighted by atomic mass is 9.93. The van der Waals surface area contributed by atoms with Crippen molar-refractivity contribution in [1.29, 1.82) is 0 Å². The van der Waals surface area contributed by atoms with Crippen LogP contribution in [0.2, 0.25) is 0 Å². The van der Waals surface area contributed by atoms with Crippen LogP contribution in [0.3, 0.4) is 0 Å². The first kappa shape index (κ1) is 29.0. The number of aliphatic imine (C=N–C) groups is 1. The first-order valence-corrected chi connectivity index (χ1v) is 13.6. The number of aromatic hydroxyl groups is 1. The highest BCUT2D eigenvalue weighted by atomic mass is 16.5. The summed E-state index contributed by atoms with van der Waals surface area (Å²) >= 11 is 0. The van der Waals surface area contributed by atoms with Gasteiger partial charge in [-0.2, -0.15) is 12.5 Å². The van der Waals surface area contributed by atoms with Crippen LogP contribution in [0, 0.1) is 18.4 Å². The number of likely N-dealkylation sites (N-methyl/N-ethyl adjacent to an activating group) is 1. The molecule has 204 valence electrons. The molecule has 3 rings (SSSR count). The van der Waals surface area contributed by atoms with Crippen LogP contribution in [0.5, 0.6) is 11.5 Å². The molecule has 1 aromatic rings. The van der Waals surface area contributed by atoms with E-state index in [0.717, 1.165) is 48.6 Å². The molecule has 0 saturated heterocycles. The van der Waals surface area contributed by atoms with E-state index in [1.807, 2.05) is 25.4 Å². The number of hydrogen-bond donors (Lipinski definition) is 4. The summed E-state index contributed by atoms with van der Waals surface area (Å²) < 4.78 is 12.1. The molecule has 7 heteroatoms. The number of aliphatic hydroxyl groups excluding tert-OH is 2. The van der Waals surface area contributed by atoms with Gasteiger partial charge in [0.1, 0.15) is 18.2 Å². The average Bonchev–Trinajstić information content (AvgIpc) is 3.56. The lowest BCUT2D eigenvalue weighted by molar-refractivity contribution is 0.0235. The van der Waals surface area contributed by atoms with Crippen molar-refractivity contribution in [2.24, 2.45) is 10.9 Å². The maximum Gasteiger partial charge on any atom is 0.176 e. The summed E-state index contributed by atoms with van der Waals surface area (Å²) in [5, 5.41) is 33.0. The Balaban J connectivity index is 1.50. The number of ether oxygens (including phenoxy) is 2. The van der Waals surface area contributed by atoms with E-state index >= 15 is 0 Å². The van der Waals surface area contributed by atoms with Crippen molar-refractivity contribution in [3.05, 3.63) is 59.7 Å². The van der Waals surface area contributed by atoms with E-state index in [1.165, 1.54) is 12.8 Å². The third-order valence-electron chi connectivity index (χ3n) is 7.14. The zero-order chi connectivity index (χ0) is 26.8. The normalized spacial score (nSPS) is 20.1. The Morgan fingerprint density at radius 2 is 2.03 bits per heavy atom. The SMILES string of the molecule is CCCCC1[CH-]C=C(CCc2ccc(O)c(OC[C@H](NC)[C+]3C=C([C@H](C)CC[C@H](O)[C@H](C)O)C=N3)c2)O1. The molecule has 37 heavy (non-hydrogen) atoms. The number of phenols is 1. The third kappa shape index (κ3) is 8.73. The fourth-order valence-corrected chi connectivity index (χ4v) is 4.46. The highest BCUT2D eigenvalue weighted by Gasteiger charge is 2.32. The van der Waals surface area contributed by atoms with Gasteiger partial charge in [0.15, 0.2) is 23.8 Å². The fourth-order valence-electron chi connectivity index (χ4n) is 4.46. The molecule has 4 N–H and O–H groups in total.